The van der Waals surface area contributed by atoms with Crippen LogP contribution in [0.4, 0.5) is 0 Å². The quantitative estimate of drug-likeness (QED) is 0.771. The van der Waals surface area contributed by atoms with Crippen LogP contribution in [0.5, 0.6) is 5.75 Å². The summed E-state index contributed by atoms with van der Waals surface area (Å²) in [6, 6.07) is 16.0. The Morgan fingerprint density at radius 1 is 1.12 bits per heavy atom. The predicted molar refractivity (Wildman–Crippen MR) is 102 cm³/mol. The molecule has 138 valence electrons. The van der Waals surface area contributed by atoms with Crippen molar-refractivity contribution in [1.82, 2.24) is 10.2 Å². The summed E-state index contributed by atoms with van der Waals surface area (Å²) in [4.78, 5) is 26.6. The number of hydrogen-bond donors (Lipinski definition) is 1. The number of nitrogens with one attached hydrogen (secondary N) is 1. The lowest BCUT2D eigenvalue weighted by Gasteiger charge is -2.30. The Morgan fingerprint density at radius 3 is 2.38 bits per heavy atom. The van der Waals surface area contributed by atoms with E-state index in [0.29, 0.717) is 23.7 Å². The number of benzene rings is 2. The second-order valence-electron chi connectivity index (χ2n) is 5.76. The smallest absolute Gasteiger partial charge is 0.261 e. The number of likely N-dealkylation sites (N-methyl/N-ethyl adjacent to an activating group) is 1. The van der Waals surface area contributed by atoms with Crippen LogP contribution in [0.3, 0.4) is 0 Å². The van der Waals surface area contributed by atoms with Crippen LogP contribution in [0, 0.1) is 0 Å². The zero-order valence-corrected chi connectivity index (χ0v) is 15.7. The van der Waals surface area contributed by atoms with Crippen molar-refractivity contribution in [2.75, 3.05) is 13.7 Å². The van der Waals surface area contributed by atoms with Crippen molar-refractivity contribution in [3.63, 3.8) is 0 Å². The monoisotopic (exact) mass is 374 g/mol. The van der Waals surface area contributed by atoms with E-state index in [1.54, 1.807) is 36.2 Å². The molecule has 0 radical (unpaired) electrons. The van der Waals surface area contributed by atoms with Crippen molar-refractivity contribution in [2.45, 2.75) is 25.9 Å². The lowest BCUT2D eigenvalue weighted by Crippen LogP contribution is -2.49. The second kappa shape index (κ2) is 9.82. The fourth-order valence-corrected chi connectivity index (χ4v) is 2.84. The molecule has 0 saturated carbocycles. The first-order valence-corrected chi connectivity index (χ1v) is 8.87. The lowest BCUT2D eigenvalue weighted by molar-refractivity contribution is -0.142. The molecule has 1 atom stereocenters. The number of halogens is 1. The van der Waals surface area contributed by atoms with E-state index < -0.39 is 6.04 Å². The van der Waals surface area contributed by atoms with E-state index in [1.807, 2.05) is 37.3 Å². The molecule has 0 unspecified atom stereocenters. The van der Waals surface area contributed by atoms with E-state index in [9.17, 15) is 9.59 Å². The van der Waals surface area contributed by atoms with Crippen molar-refractivity contribution >= 4 is 23.4 Å². The first-order valence-electron chi connectivity index (χ1n) is 8.49. The van der Waals surface area contributed by atoms with Crippen LogP contribution in [0.1, 0.15) is 18.9 Å². The number of hydrogen-bond acceptors (Lipinski definition) is 3. The molecule has 0 spiro atoms. The average Bonchev–Trinajstić information content (AvgIpc) is 2.67. The average molecular weight is 375 g/mol. The van der Waals surface area contributed by atoms with Gasteiger partial charge < -0.3 is 15.0 Å². The molecule has 2 amide bonds. The van der Waals surface area contributed by atoms with E-state index in [0.717, 1.165) is 5.56 Å². The van der Waals surface area contributed by atoms with Gasteiger partial charge in [-0.3, -0.25) is 9.59 Å². The molecule has 0 aliphatic carbocycles. The van der Waals surface area contributed by atoms with Crippen LogP contribution in [0.25, 0.3) is 0 Å². The number of carbonyl (C=O) groups excluding carboxylic acids is 2. The Bertz CT molecular complexity index is 737. The maximum Gasteiger partial charge on any atom is 0.261 e. The molecule has 0 aromatic heterocycles. The SMILES string of the molecule is CC[C@@H](C(=O)NC)N(Cc1ccccc1)C(=O)COc1ccccc1Cl. The van der Waals surface area contributed by atoms with Crippen LogP contribution in [-0.2, 0) is 16.1 Å². The lowest BCUT2D eigenvalue weighted by atomic mass is 10.1. The molecule has 1 N–H and O–H groups in total. The first-order chi connectivity index (χ1) is 12.6. The molecular formula is C20H23ClN2O3. The highest BCUT2D eigenvalue weighted by Gasteiger charge is 2.28. The van der Waals surface area contributed by atoms with Crippen LogP contribution in [0.2, 0.25) is 5.02 Å². The van der Waals surface area contributed by atoms with Crippen LogP contribution < -0.4 is 10.1 Å². The Hall–Kier alpha value is -2.53. The zero-order chi connectivity index (χ0) is 18.9. The minimum Gasteiger partial charge on any atom is -0.482 e. The molecule has 0 heterocycles. The molecule has 6 heteroatoms. The third-order valence-corrected chi connectivity index (χ3v) is 4.33. The van der Waals surface area contributed by atoms with Crippen molar-refractivity contribution < 1.29 is 14.3 Å². The van der Waals surface area contributed by atoms with Crippen molar-refractivity contribution in [3.05, 3.63) is 65.2 Å². The number of nitrogens with zero attached hydrogens (tertiary/aromatic N) is 1. The Morgan fingerprint density at radius 2 is 1.77 bits per heavy atom. The molecule has 0 bridgehead atoms. The van der Waals surface area contributed by atoms with Gasteiger partial charge in [-0.15, -0.1) is 0 Å². The fourth-order valence-electron chi connectivity index (χ4n) is 2.65. The van der Waals surface area contributed by atoms with Crippen LogP contribution >= 0.6 is 11.6 Å². The molecule has 5 nitrogen and oxygen atoms in total. The van der Waals surface area contributed by atoms with Crippen molar-refractivity contribution in [1.29, 1.82) is 0 Å². The summed E-state index contributed by atoms with van der Waals surface area (Å²) in [5.74, 6) is -0.0334. The molecule has 0 saturated heterocycles. The normalized spacial score (nSPS) is 11.5. The molecule has 2 rings (SSSR count). The van der Waals surface area contributed by atoms with Gasteiger partial charge in [0.25, 0.3) is 5.91 Å². The van der Waals surface area contributed by atoms with Gasteiger partial charge in [0.15, 0.2) is 6.61 Å². The van der Waals surface area contributed by atoms with Gasteiger partial charge >= 0.3 is 0 Å². The van der Waals surface area contributed by atoms with Crippen molar-refractivity contribution in [2.24, 2.45) is 0 Å². The summed E-state index contributed by atoms with van der Waals surface area (Å²) in [7, 11) is 1.57. The predicted octanol–water partition coefficient (Wildman–Crippen LogP) is 3.27. The number of amides is 2. The zero-order valence-electron chi connectivity index (χ0n) is 14.9. The van der Waals surface area contributed by atoms with Gasteiger partial charge in [0, 0.05) is 13.6 Å². The van der Waals surface area contributed by atoms with Gasteiger partial charge in [0.2, 0.25) is 5.91 Å². The minimum absolute atomic E-state index is 0.190. The van der Waals surface area contributed by atoms with Crippen molar-refractivity contribution in [3.8, 4) is 5.75 Å². The summed E-state index contributed by atoms with van der Waals surface area (Å²) in [6.45, 7) is 2.02. The third kappa shape index (κ3) is 5.23. The summed E-state index contributed by atoms with van der Waals surface area (Å²) < 4.78 is 5.57. The second-order valence-corrected chi connectivity index (χ2v) is 6.17. The van der Waals surface area contributed by atoms with Gasteiger partial charge in [-0.25, -0.2) is 0 Å². The molecule has 0 aliphatic rings. The van der Waals surface area contributed by atoms with Gasteiger partial charge in [-0.05, 0) is 24.1 Å². The fraction of sp³-hybridized carbons (Fsp3) is 0.300. The van der Waals surface area contributed by atoms with Gasteiger partial charge in [0.05, 0.1) is 5.02 Å². The highest BCUT2D eigenvalue weighted by molar-refractivity contribution is 6.32. The third-order valence-electron chi connectivity index (χ3n) is 4.02. The summed E-state index contributed by atoms with van der Waals surface area (Å²) >= 11 is 6.07. The van der Waals surface area contributed by atoms with E-state index in [-0.39, 0.29) is 18.4 Å². The Labute approximate surface area is 158 Å². The van der Waals surface area contributed by atoms with Gasteiger partial charge in [-0.2, -0.15) is 0 Å². The standard InChI is InChI=1S/C20H23ClN2O3/c1-3-17(20(25)22-2)23(13-15-9-5-4-6-10-15)19(24)14-26-18-12-8-7-11-16(18)21/h4-12,17H,3,13-14H2,1-2H3,(H,22,25)/t17-/m0/s1. The highest BCUT2D eigenvalue weighted by Crippen LogP contribution is 2.23. The Balaban J connectivity index is 2.17. The maximum atomic E-state index is 12.8. The van der Waals surface area contributed by atoms with E-state index in [1.165, 1.54) is 0 Å². The largest absolute Gasteiger partial charge is 0.482 e. The summed E-state index contributed by atoms with van der Waals surface area (Å²) in [6.07, 6.45) is 0.504. The van der Waals surface area contributed by atoms with Crippen LogP contribution in [-0.4, -0.2) is 36.4 Å². The maximum absolute atomic E-state index is 12.8. The molecule has 2 aromatic carbocycles. The number of rotatable bonds is 8. The van der Waals surface area contributed by atoms with Gasteiger partial charge in [0.1, 0.15) is 11.8 Å². The summed E-state index contributed by atoms with van der Waals surface area (Å²) in [5.41, 5.74) is 0.945. The highest BCUT2D eigenvalue weighted by atomic mass is 35.5. The number of carbonyl (C=O) groups is 2. The summed E-state index contributed by atoms with van der Waals surface area (Å²) in [5, 5.41) is 3.06. The van der Waals surface area contributed by atoms with Crippen LogP contribution in [0.15, 0.2) is 54.6 Å². The minimum atomic E-state index is -0.567. The molecule has 0 fully saturated rings. The molecule has 0 aliphatic heterocycles. The molecule has 2 aromatic rings. The Kier molecular flexibility index (Phi) is 7.48. The molecule has 26 heavy (non-hydrogen) atoms. The van der Waals surface area contributed by atoms with E-state index in [4.69, 9.17) is 16.3 Å². The first kappa shape index (κ1) is 19.8. The van der Waals surface area contributed by atoms with Gasteiger partial charge in [-0.1, -0.05) is 61.0 Å². The topological polar surface area (TPSA) is 58.6 Å². The molecular weight excluding hydrogens is 352 g/mol. The number of para-hydroxylation sites is 1. The van der Waals surface area contributed by atoms with E-state index in [2.05, 4.69) is 5.32 Å². The van der Waals surface area contributed by atoms with E-state index >= 15 is 0 Å². The number of ether oxygens (including phenoxy) is 1.